The van der Waals surface area contributed by atoms with Crippen LogP contribution in [0.4, 0.5) is 0 Å². The van der Waals surface area contributed by atoms with Crippen molar-refractivity contribution in [2.45, 2.75) is 6.61 Å². The van der Waals surface area contributed by atoms with Crippen molar-refractivity contribution in [3.8, 4) is 11.5 Å². The van der Waals surface area contributed by atoms with Crippen LogP contribution in [0.2, 0.25) is 0 Å². The van der Waals surface area contributed by atoms with Crippen molar-refractivity contribution in [2.75, 3.05) is 0 Å². The Balaban J connectivity index is 1.90. The number of hydrogen-bond donors (Lipinski definition) is 2. The summed E-state index contributed by atoms with van der Waals surface area (Å²) in [5.41, 5.74) is 0.802. The van der Waals surface area contributed by atoms with Gasteiger partial charge in [0.1, 0.15) is 23.7 Å². The standard InChI is InChI=1S/C18H13BrO4/c19-16-9-13(8-15(17(16)20)18(21)22)23-10-12-6-3-5-11-4-1-2-7-14(11)12/h1-9,20H,10H2,(H,21,22). The van der Waals surface area contributed by atoms with E-state index in [2.05, 4.69) is 15.9 Å². The number of carbonyl (C=O) groups is 1. The minimum Gasteiger partial charge on any atom is -0.506 e. The molecule has 0 bridgehead atoms. The lowest BCUT2D eigenvalue weighted by molar-refractivity contribution is 0.0693. The van der Waals surface area contributed by atoms with Crippen LogP contribution >= 0.6 is 15.9 Å². The molecule has 0 aliphatic rings. The largest absolute Gasteiger partial charge is 0.506 e. The summed E-state index contributed by atoms with van der Waals surface area (Å²) >= 11 is 3.14. The lowest BCUT2D eigenvalue weighted by Gasteiger charge is -2.11. The summed E-state index contributed by atoms with van der Waals surface area (Å²) < 4.78 is 6.01. The van der Waals surface area contributed by atoms with Crippen molar-refractivity contribution in [1.82, 2.24) is 0 Å². The summed E-state index contributed by atoms with van der Waals surface area (Å²) in [4.78, 5) is 11.1. The molecule has 4 nitrogen and oxygen atoms in total. The molecule has 0 radical (unpaired) electrons. The van der Waals surface area contributed by atoms with E-state index in [0.717, 1.165) is 16.3 Å². The Morgan fingerprint density at radius 3 is 2.61 bits per heavy atom. The fourth-order valence-electron chi connectivity index (χ4n) is 2.40. The summed E-state index contributed by atoms with van der Waals surface area (Å²) in [7, 11) is 0. The molecule has 5 heteroatoms. The highest BCUT2D eigenvalue weighted by Gasteiger charge is 2.15. The highest BCUT2D eigenvalue weighted by molar-refractivity contribution is 9.10. The number of carboxylic acid groups (broad SMARTS) is 1. The number of aromatic hydroxyl groups is 1. The summed E-state index contributed by atoms with van der Waals surface area (Å²) in [6.45, 7) is 0.303. The van der Waals surface area contributed by atoms with E-state index in [0.29, 0.717) is 12.4 Å². The van der Waals surface area contributed by atoms with Crippen LogP contribution in [-0.2, 0) is 6.61 Å². The molecule has 0 aliphatic heterocycles. The molecular weight excluding hydrogens is 360 g/mol. The van der Waals surface area contributed by atoms with Gasteiger partial charge in [0, 0.05) is 0 Å². The normalized spacial score (nSPS) is 10.7. The zero-order valence-electron chi connectivity index (χ0n) is 12.0. The number of rotatable bonds is 4. The van der Waals surface area contributed by atoms with Crippen LogP contribution < -0.4 is 4.74 Å². The minimum absolute atomic E-state index is 0.202. The number of aromatic carboxylic acids is 1. The van der Waals surface area contributed by atoms with E-state index in [9.17, 15) is 9.90 Å². The van der Waals surface area contributed by atoms with Gasteiger partial charge in [0.25, 0.3) is 0 Å². The van der Waals surface area contributed by atoms with Gasteiger partial charge in [-0.15, -0.1) is 0 Å². The van der Waals surface area contributed by atoms with Crippen LogP contribution in [0.5, 0.6) is 11.5 Å². The van der Waals surface area contributed by atoms with Gasteiger partial charge in [-0.25, -0.2) is 4.79 Å². The monoisotopic (exact) mass is 372 g/mol. The molecule has 0 heterocycles. The van der Waals surface area contributed by atoms with E-state index in [-0.39, 0.29) is 15.8 Å². The number of carboxylic acids is 1. The van der Waals surface area contributed by atoms with Gasteiger partial charge in [-0.05, 0) is 44.4 Å². The molecule has 3 aromatic rings. The lowest BCUT2D eigenvalue weighted by Crippen LogP contribution is -2.01. The molecule has 23 heavy (non-hydrogen) atoms. The molecule has 0 fully saturated rings. The third kappa shape index (κ3) is 3.14. The van der Waals surface area contributed by atoms with E-state index in [1.54, 1.807) is 6.07 Å². The number of halogens is 1. The van der Waals surface area contributed by atoms with E-state index in [4.69, 9.17) is 9.84 Å². The summed E-state index contributed by atoms with van der Waals surface area (Å²) in [6, 6.07) is 16.8. The second-order valence-corrected chi connectivity index (χ2v) is 5.89. The number of benzene rings is 3. The molecule has 116 valence electrons. The Morgan fingerprint density at radius 2 is 1.83 bits per heavy atom. The van der Waals surface area contributed by atoms with Gasteiger partial charge in [-0.2, -0.15) is 0 Å². The predicted octanol–water partition coefficient (Wildman–Crippen LogP) is 4.59. The van der Waals surface area contributed by atoms with Crippen LogP contribution in [0.1, 0.15) is 15.9 Å². The Morgan fingerprint density at radius 1 is 1.09 bits per heavy atom. The molecule has 0 saturated heterocycles. The fraction of sp³-hybridized carbons (Fsp3) is 0.0556. The van der Waals surface area contributed by atoms with Gasteiger partial charge in [-0.3, -0.25) is 0 Å². The average Bonchev–Trinajstić information content (AvgIpc) is 2.55. The van der Waals surface area contributed by atoms with Crippen LogP contribution in [0.25, 0.3) is 10.8 Å². The number of fused-ring (bicyclic) bond motifs is 1. The molecule has 0 aromatic heterocycles. The van der Waals surface area contributed by atoms with Crippen LogP contribution in [0.15, 0.2) is 59.1 Å². The van der Waals surface area contributed by atoms with Gasteiger partial charge in [0.15, 0.2) is 0 Å². The molecule has 0 spiro atoms. The lowest BCUT2D eigenvalue weighted by atomic mass is 10.1. The Labute approximate surface area is 141 Å². The zero-order valence-corrected chi connectivity index (χ0v) is 13.6. The highest BCUT2D eigenvalue weighted by Crippen LogP contribution is 2.33. The second-order valence-electron chi connectivity index (χ2n) is 5.03. The first-order valence-corrected chi connectivity index (χ1v) is 7.71. The maximum atomic E-state index is 11.1. The van der Waals surface area contributed by atoms with Gasteiger partial charge >= 0.3 is 5.97 Å². The molecule has 0 saturated carbocycles. The average molecular weight is 373 g/mol. The molecule has 2 N–H and O–H groups in total. The van der Waals surface area contributed by atoms with Crippen LogP contribution in [0.3, 0.4) is 0 Å². The maximum absolute atomic E-state index is 11.1. The molecular formula is C18H13BrO4. The summed E-state index contributed by atoms with van der Waals surface area (Å²) in [6.07, 6.45) is 0. The zero-order chi connectivity index (χ0) is 16.4. The molecule has 3 aromatic carbocycles. The van der Waals surface area contributed by atoms with E-state index >= 15 is 0 Å². The number of ether oxygens (including phenoxy) is 1. The van der Waals surface area contributed by atoms with Crippen LogP contribution in [0, 0.1) is 0 Å². The third-order valence-corrected chi connectivity index (χ3v) is 4.15. The maximum Gasteiger partial charge on any atom is 0.339 e. The predicted molar refractivity (Wildman–Crippen MR) is 91.0 cm³/mol. The van der Waals surface area contributed by atoms with Gasteiger partial charge in [0.2, 0.25) is 0 Å². The number of hydrogen-bond acceptors (Lipinski definition) is 3. The number of phenols is 1. The van der Waals surface area contributed by atoms with E-state index in [1.807, 2.05) is 42.5 Å². The van der Waals surface area contributed by atoms with Crippen molar-refractivity contribution >= 4 is 32.7 Å². The van der Waals surface area contributed by atoms with E-state index < -0.39 is 5.97 Å². The molecule has 0 unspecified atom stereocenters. The summed E-state index contributed by atoms with van der Waals surface area (Å²) in [5.74, 6) is -1.14. The van der Waals surface area contributed by atoms with Gasteiger partial charge < -0.3 is 14.9 Å². The van der Waals surface area contributed by atoms with Crippen LogP contribution in [-0.4, -0.2) is 16.2 Å². The highest BCUT2D eigenvalue weighted by atomic mass is 79.9. The van der Waals surface area contributed by atoms with Crippen molar-refractivity contribution in [2.24, 2.45) is 0 Å². The van der Waals surface area contributed by atoms with Crippen molar-refractivity contribution in [1.29, 1.82) is 0 Å². The quantitative estimate of drug-likeness (QED) is 0.702. The van der Waals surface area contributed by atoms with Gasteiger partial charge in [-0.1, -0.05) is 42.5 Å². The minimum atomic E-state index is -1.21. The smallest absolute Gasteiger partial charge is 0.339 e. The first-order valence-electron chi connectivity index (χ1n) is 6.91. The Kier molecular flexibility index (Phi) is 4.21. The first-order chi connectivity index (χ1) is 11.1. The Hall–Kier alpha value is -2.53. The van der Waals surface area contributed by atoms with Gasteiger partial charge in [0.05, 0.1) is 4.47 Å². The summed E-state index contributed by atoms with van der Waals surface area (Å²) in [5, 5.41) is 21.0. The topological polar surface area (TPSA) is 66.8 Å². The SMILES string of the molecule is O=C(O)c1cc(OCc2cccc3ccccc23)cc(Br)c1O. The Bertz CT molecular complexity index is 884. The van der Waals surface area contributed by atoms with Crippen molar-refractivity contribution in [3.63, 3.8) is 0 Å². The molecule has 3 rings (SSSR count). The molecule has 0 aliphatic carbocycles. The molecule has 0 atom stereocenters. The van der Waals surface area contributed by atoms with Crippen molar-refractivity contribution < 1.29 is 19.7 Å². The van der Waals surface area contributed by atoms with Crippen molar-refractivity contribution in [3.05, 3.63) is 70.2 Å². The third-order valence-electron chi connectivity index (χ3n) is 3.54. The second kappa shape index (κ2) is 6.30. The first kappa shape index (κ1) is 15.4. The molecule has 0 amide bonds. The van der Waals surface area contributed by atoms with E-state index in [1.165, 1.54) is 6.07 Å². The fourth-order valence-corrected chi connectivity index (χ4v) is 2.84.